The average molecular weight is 327 g/mol. The van der Waals surface area contributed by atoms with Gasteiger partial charge in [-0.3, -0.25) is 0 Å². The molecule has 0 heterocycles. The van der Waals surface area contributed by atoms with E-state index in [1.54, 1.807) is 28.6 Å². The second-order valence-corrected chi connectivity index (χ2v) is 7.75. The van der Waals surface area contributed by atoms with E-state index < -0.39 is 10.0 Å². The lowest BCUT2D eigenvalue weighted by molar-refractivity contribution is 0.237. The molecule has 4 nitrogen and oxygen atoms in total. The summed E-state index contributed by atoms with van der Waals surface area (Å²) in [5, 5.41) is 0. The van der Waals surface area contributed by atoms with Gasteiger partial charge in [0.15, 0.2) is 0 Å². The molecule has 0 spiro atoms. The van der Waals surface area contributed by atoms with Crippen molar-refractivity contribution in [2.45, 2.75) is 51.5 Å². The third-order valence-corrected chi connectivity index (χ3v) is 5.73. The van der Waals surface area contributed by atoms with Crippen LogP contribution in [0, 0.1) is 0 Å². The zero-order valence-corrected chi connectivity index (χ0v) is 15.1. The number of nitrogens with zero attached hydrogens (tertiary/aromatic N) is 2. The summed E-state index contributed by atoms with van der Waals surface area (Å²) in [6.45, 7) is 11.5. The van der Waals surface area contributed by atoms with Crippen LogP contribution in [0.3, 0.4) is 0 Å². The highest BCUT2D eigenvalue weighted by atomic mass is 32.2. The van der Waals surface area contributed by atoms with Crippen LogP contribution in [-0.2, 0) is 10.0 Å². The van der Waals surface area contributed by atoms with Gasteiger partial charge in [0.1, 0.15) is 0 Å². The molecule has 0 radical (unpaired) electrons. The topological polar surface area (TPSA) is 40.6 Å². The van der Waals surface area contributed by atoms with Gasteiger partial charge in [0.05, 0.1) is 4.90 Å². The van der Waals surface area contributed by atoms with Gasteiger partial charge in [-0.1, -0.05) is 32.0 Å². The molecule has 0 bridgehead atoms. The van der Waals surface area contributed by atoms with Gasteiger partial charge in [0.2, 0.25) is 10.0 Å². The molecule has 0 atom stereocenters. The van der Waals surface area contributed by atoms with Crippen LogP contribution in [0.4, 0.5) is 0 Å². The lowest BCUT2D eigenvalue weighted by Gasteiger charge is -2.29. The molecule has 0 aliphatic carbocycles. The lowest BCUT2D eigenvalue weighted by atomic mass is 10.3. The summed E-state index contributed by atoms with van der Waals surface area (Å²) < 4.78 is 27.2. The van der Waals surface area contributed by atoms with Gasteiger partial charge < -0.3 is 4.90 Å². The number of hydrogen-bond acceptors (Lipinski definition) is 3. The molecule has 0 fully saturated rings. The van der Waals surface area contributed by atoms with Gasteiger partial charge in [-0.15, -0.1) is 0 Å². The second kappa shape index (κ2) is 9.28. The Labute approximate surface area is 136 Å². The zero-order valence-electron chi connectivity index (χ0n) is 14.3. The maximum Gasteiger partial charge on any atom is 0.243 e. The minimum absolute atomic E-state index is 0.0460. The summed E-state index contributed by atoms with van der Waals surface area (Å²) in [4.78, 5) is 2.72. The molecule has 0 unspecified atom stereocenters. The molecule has 1 aromatic carbocycles. The fourth-order valence-electron chi connectivity index (χ4n) is 2.59. The molecule has 1 rings (SSSR count). The third-order valence-electron chi connectivity index (χ3n) is 3.64. The molecule has 0 N–H and O–H groups in total. The Kier molecular flexibility index (Phi) is 8.07. The molecule has 22 heavy (non-hydrogen) atoms. The average Bonchev–Trinajstić information content (AvgIpc) is 2.48. The first-order valence-electron chi connectivity index (χ1n) is 8.22. The predicted molar refractivity (Wildman–Crippen MR) is 92.5 cm³/mol. The van der Waals surface area contributed by atoms with Crippen molar-refractivity contribution < 1.29 is 8.42 Å². The van der Waals surface area contributed by atoms with Gasteiger partial charge in [-0.05, 0) is 51.9 Å². The number of sulfonamides is 1. The van der Waals surface area contributed by atoms with E-state index in [0.29, 0.717) is 11.4 Å². The Morgan fingerprint density at radius 2 is 1.45 bits per heavy atom. The van der Waals surface area contributed by atoms with Crippen molar-refractivity contribution in [3.8, 4) is 0 Å². The van der Waals surface area contributed by atoms with Crippen molar-refractivity contribution in [1.82, 2.24) is 9.21 Å². The summed E-state index contributed by atoms with van der Waals surface area (Å²) in [7, 11) is -3.42. The fraction of sp³-hybridized carbons (Fsp3) is 0.647. The summed E-state index contributed by atoms with van der Waals surface area (Å²) in [5.74, 6) is 0. The lowest BCUT2D eigenvalue weighted by Crippen LogP contribution is -2.42. The standard InChI is InChI=1S/C17H30N2O2S/c1-5-12-18(13-6-2)14-15-19(16(3)4)22(20,21)17-10-8-7-9-11-17/h7-11,16H,5-6,12-15H2,1-4H3. The first-order chi connectivity index (χ1) is 10.4. The Morgan fingerprint density at radius 3 is 1.91 bits per heavy atom. The van der Waals surface area contributed by atoms with Crippen molar-refractivity contribution in [2.75, 3.05) is 26.2 Å². The Balaban J connectivity index is 2.85. The predicted octanol–water partition coefficient (Wildman–Crippen LogP) is 3.21. The van der Waals surface area contributed by atoms with Crippen LogP contribution in [0.15, 0.2) is 35.2 Å². The molecular formula is C17H30N2O2S. The highest BCUT2D eigenvalue weighted by Gasteiger charge is 2.26. The molecule has 0 aliphatic rings. The van der Waals surface area contributed by atoms with Crippen LogP contribution in [0.2, 0.25) is 0 Å². The molecule has 5 heteroatoms. The minimum atomic E-state index is -3.42. The number of rotatable bonds is 10. The maximum atomic E-state index is 12.8. The smallest absolute Gasteiger partial charge is 0.243 e. The van der Waals surface area contributed by atoms with Crippen molar-refractivity contribution >= 4 is 10.0 Å². The quantitative estimate of drug-likeness (QED) is 0.663. The van der Waals surface area contributed by atoms with Gasteiger partial charge in [0.25, 0.3) is 0 Å². The van der Waals surface area contributed by atoms with Gasteiger partial charge >= 0.3 is 0 Å². The molecule has 0 saturated carbocycles. The SMILES string of the molecule is CCCN(CCC)CCN(C(C)C)S(=O)(=O)c1ccccc1. The molecule has 1 aromatic rings. The highest BCUT2D eigenvalue weighted by Crippen LogP contribution is 2.17. The molecule has 0 amide bonds. The zero-order chi connectivity index (χ0) is 16.6. The van der Waals surface area contributed by atoms with E-state index in [-0.39, 0.29) is 6.04 Å². The van der Waals surface area contributed by atoms with Crippen LogP contribution in [0.25, 0.3) is 0 Å². The fourth-order valence-corrected chi connectivity index (χ4v) is 4.24. The van der Waals surface area contributed by atoms with Crippen molar-refractivity contribution in [2.24, 2.45) is 0 Å². The van der Waals surface area contributed by atoms with Gasteiger partial charge in [0, 0.05) is 19.1 Å². The highest BCUT2D eigenvalue weighted by molar-refractivity contribution is 7.89. The first-order valence-corrected chi connectivity index (χ1v) is 9.66. The van der Waals surface area contributed by atoms with E-state index in [0.717, 1.165) is 32.5 Å². The van der Waals surface area contributed by atoms with Gasteiger partial charge in [-0.25, -0.2) is 8.42 Å². The number of benzene rings is 1. The van der Waals surface area contributed by atoms with Gasteiger partial charge in [-0.2, -0.15) is 4.31 Å². The van der Waals surface area contributed by atoms with E-state index >= 15 is 0 Å². The largest absolute Gasteiger partial charge is 0.302 e. The van der Waals surface area contributed by atoms with E-state index in [9.17, 15) is 8.42 Å². The summed E-state index contributed by atoms with van der Waals surface area (Å²) in [6, 6.07) is 8.66. The molecule has 0 aliphatic heterocycles. The summed E-state index contributed by atoms with van der Waals surface area (Å²) >= 11 is 0. The van der Waals surface area contributed by atoms with Crippen molar-refractivity contribution in [3.05, 3.63) is 30.3 Å². The van der Waals surface area contributed by atoms with Crippen molar-refractivity contribution in [1.29, 1.82) is 0 Å². The monoisotopic (exact) mass is 326 g/mol. The number of hydrogen-bond donors (Lipinski definition) is 0. The summed E-state index contributed by atoms with van der Waals surface area (Å²) in [5.41, 5.74) is 0. The van der Waals surface area contributed by atoms with E-state index in [1.807, 2.05) is 19.9 Å². The van der Waals surface area contributed by atoms with Crippen LogP contribution in [0.1, 0.15) is 40.5 Å². The molecular weight excluding hydrogens is 296 g/mol. The van der Waals surface area contributed by atoms with Crippen molar-refractivity contribution in [3.63, 3.8) is 0 Å². The third kappa shape index (κ3) is 5.38. The molecule has 0 aromatic heterocycles. The van der Waals surface area contributed by atoms with E-state index in [4.69, 9.17) is 0 Å². The van der Waals surface area contributed by atoms with E-state index in [1.165, 1.54) is 0 Å². The Morgan fingerprint density at radius 1 is 0.909 bits per heavy atom. The minimum Gasteiger partial charge on any atom is -0.302 e. The van der Waals surface area contributed by atoms with Crippen LogP contribution in [0.5, 0.6) is 0 Å². The Bertz CT molecular complexity index is 509. The van der Waals surface area contributed by atoms with E-state index in [2.05, 4.69) is 18.7 Å². The van der Waals surface area contributed by atoms with Crippen LogP contribution in [-0.4, -0.2) is 49.8 Å². The molecule has 126 valence electrons. The second-order valence-electron chi connectivity index (χ2n) is 5.86. The summed E-state index contributed by atoms with van der Waals surface area (Å²) in [6.07, 6.45) is 2.18. The Hall–Kier alpha value is -0.910. The first kappa shape index (κ1) is 19.1. The maximum absolute atomic E-state index is 12.8. The van der Waals surface area contributed by atoms with Crippen LogP contribution < -0.4 is 0 Å². The van der Waals surface area contributed by atoms with Crippen LogP contribution >= 0.6 is 0 Å². The molecule has 0 saturated heterocycles. The normalized spacial score (nSPS) is 12.5.